The van der Waals surface area contributed by atoms with Crippen molar-refractivity contribution in [2.45, 2.75) is 24.2 Å². The van der Waals surface area contributed by atoms with Gasteiger partial charge in [-0.05, 0) is 31.4 Å². The van der Waals surface area contributed by atoms with Crippen LogP contribution in [-0.4, -0.2) is 44.9 Å². The first-order chi connectivity index (χ1) is 9.77. The van der Waals surface area contributed by atoms with Crippen LogP contribution in [0.4, 0.5) is 11.4 Å². The van der Waals surface area contributed by atoms with E-state index in [1.54, 1.807) is 11.9 Å². The van der Waals surface area contributed by atoms with Crippen LogP contribution in [0.15, 0.2) is 23.1 Å². The highest BCUT2D eigenvalue weighted by atomic mass is 32.2. The van der Waals surface area contributed by atoms with Gasteiger partial charge in [-0.3, -0.25) is 10.1 Å². The molecule has 1 rings (SSSR count). The number of aliphatic hydroxyl groups is 1. The second kappa shape index (κ2) is 7.37. The van der Waals surface area contributed by atoms with Crippen LogP contribution in [0.25, 0.3) is 0 Å². The predicted molar refractivity (Wildman–Crippen MR) is 80.4 cm³/mol. The highest BCUT2D eigenvalue weighted by molar-refractivity contribution is 7.90. The van der Waals surface area contributed by atoms with Gasteiger partial charge in [-0.15, -0.1) is 0 Å². The lowest BCUT2D eigenvalue weighted by molar-refractivity contribution is -0.384. The SMILES string of the molecule is CN(CCCCCO)c1ccc(S(C)(=O)=O)cc1[N+](=O)[O-]. The van der Waals surface area contributed by atoms with Crippen LogP contribution in [0.2, 0.25) is 0 Å². The Hall–Kier alpha value is -1.67. The predicted octanol–water partition coefficient (Wildman–Crippen LogP) is 1.60. The topological polar surface area (TPSA) is 101 Å². The molecule has 0 amide bonds. The molecule has 0 unspecified atom stereocenters. The molecule has 7 nitrogen and oxygen atoms in total. The number of sulfone groups is 1. The van der Waals surface area contributed by atoms with Crippen LogP contribution in [0.5, 0.6) is 0 Å². The minimum atomic E-state index is -3.48. The van der Waals surface area contributed by atoms with E-state index >= 15 is 0 Å². The average molecular weight is 316 g/mol. The lowest BCUT2D eigenvalue weighted by Gasteiger charge is -2.19. The number of nitro benzene ring substituents is 1. The number of benzene rings is 1. The van der Waals surface area contributed by atoms with Gasteiger partial charge in [-0.2, -0.15) is 0 Å². The molecule has 0 aliphatic heterocycles. The van der Waals surface area contributed by atoms with Gasteiger partial charge in [-0.1, -0.05) is 0 Å². The van der Waals surface area contributed by atoms with Gasteiger partial charge in [0.2, 0.25) is 0 Å². The van der Waals surface area contributed by atoms with E-state index in [1.165, 1.54) is 12.1 Å². The summed E-state index contributed by atoms with van der Waals surface area (Å²) in [5.41, 5.74) is 0.166. The minimum Gasteiger partial charge on any atom is -0.396 e. The highest BCUT2D eigenvalue weighted by Gasteiger charge is 2.20. The zero-order valence-corrected chi connectivity index (χ0v) is 13.0. The zero-order valence-electron chi connectivity index (χ0n) is 12.2. The number of hydrogen-bond acceptors (Lipinski definition) is 6. The number of hydrogen-bond donors (Lipinski definition) is 1. The third-order valence-corrected chi connectivity index (χ3v) is 4.24. The number of aliphatic hydroxyl groups excluding tert-OH is 1. The molecule has 1 N–H and O–H groups in total. The fourth-order valence-electron chi connectivity index (χ4n) is 1.96. The molecule has 0 bridgehead atoms. The Morgan fingerprint density at radius 2 is 1.95 bits per heavy atom. The fraction of sp³-hybridized carbons (Fsp3) is 0.538. The summed E-state index contributed by atoms with van der Waals surface area (Å²) in [5, 5.41) is 19.8. The first kappa shape index (κ1) is 17.4. The highest BCUT2D eigenvalue weighted by Crippen LogP contribution is 2.30. The third-order valence-electron chi connectivity index (χ3n) is 3.13. The Morgan fingerprint density at radius 1 is 1.29 bits per heavy atom. The quantitative estimate of drug-likeness (QED) is 0.444. The fourth-order valence-corrected chi connectivity index (χ4v) is 2.60. The molecule has 0 fully saturated rings. The minimum absolute atomic E-state index is 0.0633. The molecular formula is C13H20N2O5S. The summed E-state index contributed by atoms with van der Waals surface area (Å²) in [6.45, 7) is 0.728. The van der Waals surface area contributed by atoms with Gasteiger partial charge in [0, 0.05) is 32.5 Å². The summed E-state index contributed by atoms with van der Waals surface area (Å²) in [7, 11) is -1.75. The summed E-state index contributed by atoms with van der Waals surface area (Å²) in [4.78, 5) is 12.2. The van der Waals surface area contributed by atoms with Crippen LogP contribution in [-0.2, 0) is 9.84 Å². The van der Waals surface area contributed by atoms with E-state index in [1.807, 2.05) is 0 Å². The van der Waals surface area contributed by atoms with Gasteiger partial charge in [0.15, 0.2) is 9.84 Å². The molecule has 21 heavy (non-hydrogen) atoms. The summed E-state index contributed by atoms with van der Waals surface area (Å²) in [5.74, 6) is 0. The van der Waals surface area contributed by atoms with E-state index in [9.17, 15) is 18.5 Å². The Balaban J connectivity index is 2.99. The molecule has 0 saturated heterocycles. The van der Waals surface area contributed by atoms with E-state index in [2.05, 4.69) is 0 Å². The van der Waals surface area contributed by atoms with Crippen molar-refractivity contribution >= 4 is 21.2 Å². The van der Waals surface area contributed by atoms with Crippen LogP contribution >= 0.6 is 0 Å². The third kappa shape index (κ3) is 4.98. The van der Waals surface area contributed by atoms with Gasteiger partial charge in [0.1, 0.15) is 5.69 Å². The number of anilines is 1. The Labute approximate surface area is 124 Å². The number of nitrogens with zero attached hydrogens (tertiary/aromatic N) is 2. The van der Waals surface area contributed by atoms with Gasteiger partial charge in [0.05, 0.1) is 9.82 Å². The van der Waals surface area contributed by atoms with E-state index < -0.39 is 14.8 Å². The number of nitro groups is 1. The molecule has 0 aliphatic rings. The van der Waals surface area contributed by atoms with E-state index in [0.29, 0.717) is 18.7 Å². The van der Waals surface area contributed by atoms with Crippen molar-refractivity contribution in [3.8, 4) is 0 Å². The van der Waals surface area contributed by atoms with E-state index in [-0.39, 0.29) is 17.2 Å². The molecule has 0 heterocycles. The Morgan fingerprint density at radius 3 is 2.48 bits per heavy atom. The van der Waals surface area contributed by atoms with Gasteiger partial charge < -0.3 is 10.0 Å². The maximum absolute atomic E-state index is 11.5. The molecule has 8 heteroatoms. The van der Waals surface area contributed by atoms with Crippen molar-refractivity contribution in [3.05, 3.63) is 28.3 Å². The molecule has 0 radical (unpaired) electrons. The monoisotopic (exact) mass is 316 g/mol. The van der Waals surface area contributed by atoms with Crippen LogP contribution in [0, 0.1) is 10.1 Å². The van der Waals surface area contributed by atoms with Crippen molar-refractivity contribution in [2.24, 2.45) is 0 Å². The molecule has 1 aromatic carbocycles. The number of unbranched alkanes of at least 4 members (excludes halogenated alkanes) is 2. The van der Waals surface area contributed by atoms with Crippen LogP contribution < -0.4 is 4.90 Å². The second-order valence-corrected chi connectivity index (χ2v) is 6.90. The van der Waals surface area contributed by atoms with Crippen molar-refractivity contribution in [1.29, 1.82) is 0 Å². The normalized spacial score (nSPS) is 11.4. The summed E-state index contributed by atoms with van der Waals surface area (Å²) >= 11 is 0. The largest absolute Gasteiger partial charge is 0.396 e. The van der Waals surface area contributed by atoms with Gasteiger partial charge >= 0.3 is 0 Å². The van der Waals surface area contributed by atoms with Crippen molar-refractivity contribution in [3.63, 3.8) is 0 Å². The van der Waals surface area contributed by atoms with Crippen molar-refractivity contribution < 1.29 is 18.4 Å². The Bertz CT molecular complexity index is 601. The molecule has 1 aromatic rings. The van der Waals surface area contributed by atoms with Crippen LogP contribution in [0.1, 0.15) is 19.3 Å². The van der Waals surface area contributed by atoms with Gasteiger partial charge in [0.25, 0.3) is 5.69 Å². The molecule has 0 saturated carbocycles. The van der Waals surface area contributed by atoms with Crippen molar-refractivity contribution in [1.82, 2.24) is 0 Å². The summed E-state index contributed by atoms with van der Waals surface area (Å²) in [6, 6.07) is 3.93. The molecular weight excluding hydrogens is 296 g/mol. The molecule has 118 valence electrons. The van der Waals surface area contributed by atoms with Gasteiger partial charge in [-0.25, -0.2) is 8.42 Å². The van der Waals surface area contributed by atoms with Crippen LogP contribution in [0.3, 0.4) is 0 Å². The van der Waals surface area contributed by atoms with E-state index in [0.717, 1.165) is 25.2 Å². The summed E-state index contributed by atoms with van der Waals surface area (Å²) < 4.78 is 22.9. The van der Waals surface area contributed by atoms with E-state index in [4.69, 9.17) is 5.11 Å². The molecule has 0 aromatic heterocycles. The molecule has 0 aliphatic carbocycles. The zero-order chi connectivity index (χ0) is 16.0. The average Bonchev–Trinajstić information content (AvgIpc) is 2.41. The molecule has 0 atom stereocenters. The lowest BCUT2D eigenvalue weighted by atomic mass is 10.2. The summed E-state index contributed by atoms with van der Waals surface area (Å²) in [6.07, 6.45) is 3.34. The lowest BCUT2D eigenvalue weighted by Crippen LogP contribution is -2.20. The maximum atomic E-state index is 11.5. The standard InChI is InChI=1S/C13H20N2O5S/c1-14(8-4-3-5-9-16)12-7-6-11(21(2,19)20)10-13(12)15(17)18/h6-7,10,16H,3-5,8-9H2,1-2H3. The maximum Gasteiger partial charge on any atom is 0.293 e. The second-order valence-electron chi connectivity index (χ2n) is 4.89. The first-order valence-electron chi connectivity index (χ1n) is 6.58. The smallest absolute Gasteiger partial charge is 0.293 e. The number of rotatable bonds is 8. The van der Waals surface area contributed by atoms with Crippen molar-refractivity contribution in [2.75, 3.05) is 31.4 Å². The first-order valence-corrected chi connectivity index (χ1v) is 8.47. The molecule has 0 spiro atoms. The Kier molecular flexibility index (Phi) is 6.10.